The van der Waals surface area contributed by atoms with Gasteiger partial charge in [-0.1, -0.05) is 45.9 Å². The zero-order valence-corrected chi connectivity index (χ0v) is 38.5. The lowest BCUT2D eigenvalue weighted by atomic mass is 10.0. The van der Waals surface area contributed by atoms with E-state index in [9.17, 15) is 47.9 Å². The van der Waals surface area contributed by atoms with Gasteiger partial charge in [0.2, 0.25) is 59.1 Å². The summed E-state index contributed by atoms with van der Waals surface area (Å²) in [5.74, 6) is -7.00. The summed E-state index contributed by atoms with van der Waals surface area (Å²) in [4.78, 5) is 131. The maximum Gasteiger partial charge on any atom is 0.243 e. The number of amides is 10. The Kier molecular flexibility index (Phi) is 22.3. The van der Waals surface area contributed by atoms with Gasteiger partial charge in [0, 0.05) is 36.9 Å². The number of carbonyl (C=O) groups excluding carboxylic acids is 10. The van der Waals surface area contributed by atoms with Crippen molar-refractivity contribution in [2.24, 2.45) is 23.3 Å². The Morgan fingerprint density at radius 3 is 1.83 bits per heavy atom. The van der Waals surface area contributed by atoms with Crippen LogP contribution in [0.5, 0.6) is 0 Å². The van der Waals surface area contributed by atoms with E-state index in [1.807, 2.05) is 38.3 Å². The number of aromatic amines is 1. The molecule has 0 aliphatic heterocycles. The zero-order valence-electron chi connectivity index (χ0n) is 37.7. The van der Waals surface area contributed by atoms with Crippen LogP contribution in [0.3, 0.4) is 0 Å². The summed E-state index contributed by atoms with van der Waals surface area (Å²) in [5.41, 5.74) is 12.2. The molecule has 1 aromatic heterocycles. The van der Waals surface area contributed by atoms with Gasteiger partial charge >= 0.3 is 0 Å². The van der Waals surface area contributed by atoms with Gasteiger partial charge in [-0.2, -0.15) is 11.8 Å². The molecule has 0 radical (unpaired) electrons. The summed E-state index contributed by atoms with van der Waals surface area (Å²) in [6.45, 7) is 10.4. The molecular weight excluding hydrogens is 851 g/mol. The van der Waals surface area contributed by atoms with Crippen molar-refractivity contribution < 1.29 is 47.9 Å². The summed E-state index contributed by atoms with van der Waals surface area (Å²) in [7, 11) is 0. The molecule has 1 aromatic carbocycles. The van der Waals surface area contributed by atoms with E-state index in [1.165, 1.54) is 32.5 Å². The molecule has 0 aliphatic rings. The van der Waals surface area contributed by atoms with E-state index in [-0.39, 0.29) is 31.6 Å². The number of primary amides is 2. The Balaban J connectivity index is 2.10. The van der Waals surface area contributed by atoms with Crippen molar-refractivity contribution in [3.8, 4) is 0 Å². The predicted molar refractivity (Wildman–Crippen MR) is 240 cm³/mol. The number of rotatable bonds is 27. The molecule has 7 atom stereocenters. The van der Waals surface area contributed by atoms with E-state index in [0.717, 1.165) is 10.9 Å². The van der Waals surface area contributed by atoms with Gasteiger partial charge in [0.15, 0.2) is 0 Å². The van der Waals surface area contributed by atoms with Gasteiger partial charge in [0.1, 0.15) is 42.3 Å². The lowest BCUT2D eigenvalue weighted by Gasteiger charge is -2.26. The van der Waals surface area contributed by atoms with Crippen LogP contribution >= 0.6 is 11.8 Å². The number of aromatic nitrogens is 1. The number of carbonyl (C=O) groups is 10. The number of nitrogens with one attached hydrogen (secondary N) is 9. The number of H-pyrrole nitrogens is 1. The highest BCUT2D eigenvalue weighted by atomic mass is 32.2. The first-order chi connectivity index (χ1) is 30.0. The fraction of sp³-hybridized carbons (Fsp3) is 0.571. The molecule has 0 fully saturated rings. The number of thioether (sulfide) groups is 1. The van der Waals surface area contributed by atoms with Crippen LogP contribution in [0.4, 0.5) is 0 Å². The quantitative estimate of drug-likeness (QED) is 0.0489. The lowest BCUT2D eigenvalue weighted by molar-refractivity contribution is -0.135. The number of fused-ring (bicyclic) bond motifs is 1. The van der Waals surface area contributed by atoms with Crippen LogP contribution in [-0.2, 0) is 54.4 Å². The summed E-state index contributed by atoms with van der Waals surface area (Å²) in [6, 6.07) is -0.727. The van der Waals surface area contributed by atoms with Gasteiger partial charge in [-0.3, -0.25) is 47.9 Å². The highest BCUT2D eigenvalue weighted by Gasteiger charge is 2.32. The minimum atomic E-state index is -1.28. The first kappa shape index (κ1) is 53.9. The molecule has 21 nitrogen and oxygen atoms in total. The molecule has 354 valence electrons. The minimum absolute atomic E-state index is 0.0274. The predicted octanol–water partition coefficient (Wildman–Crippen LogP) is -1.51. The van der Waals surface area contributed by atoms with E-state index in [1.54, 1.807) is 26.1 Å². The van der Waals surface area contributed by atoms with E-state index < -0.39 is 114 Å². The first-order valence-corrected chi connectivity index (χ1v) is 22.4. The molecule has 1 heterocycles. The van der Waals surface area contributed by atoms with Crippen LogP contribution in [0, 0.1) is 11.8 Å². The topological polar surface area (TPSA) is 335 Å². The summed E-state index contributed by atoms with van der Waals surface area (Å²) >= 11 is 1.48. The van der Waals surface area contributed by atoms with Gasteiger partial charge in [-0.15, -0.1) is 0 Å². The summed E-state index contributed by atoms with van der Waals surface area (Å²) in [6.07, 6.45) is 3.67. The summed E-state index contributed by atoms with van der Waals surface area (Å²) < 4.78 is 0. The molecular formula is C42H65N11O10S. The molecule has 22 heteroatoms. The first-order valence-electron chi connectivity index (χ1n) is 21.0. The van der Waals surface area contributed by atoms with Crippen LogP contribution in [-0.4, -0.2) is 125 Å². The van der Waals surface area contributed by atoms with E-state index in [0.29, 0.717) is 17.7 Å². The highest BCUT2D eigenvalue weighted by Crippen LogP contribution is 2.19. The average Bonchev–Trinajstić information content (AvgIpc) is 3.62. The maximum atomic E-state index is 13.8. The Morgan fingerprint density at radius 2 is 1.23 bits per heavy atom. The van der Waals surface area contributed by atoms with Crippen LogP contribution in [0.25, 0.3) is 10.9 Å². The Hall–Kier alpha value is -6.19. The van der Waals surface area contributed by atoms with Gasteiger partial charge in [-0.05, 0) is 68.6 Å². The lowest BCUT2D eigenvalue weighted by Crippen LogP contribution is -2.59. The van der Waals surface area contributed by atoms with Gasteiger partial charge in [0.25, 0.3) is 0 Å². The smallest absolute Gasteiger partial charge is 0.243 e. The minimum Gasteiger partial charge on any atom is -0.370 e. The fourth-order valence-electron chi connectivity index (χ4n) is 6.42. The third-order valence-corrected chi connectivity index (χ3v) is 10.6. The van der Waals surface area contributed by atoms with Gasteiger partial charge in [-0.25, -0.2) is 0 Å². The number of hydrogen-bond donors (Lipinski definition) is 11. The van der Waals surface area contributed by atoms with E-state index >= 15 is 0 Å². The third-order valence-electron chi connectivity index (χ3n) is 9.91. The number of benzene rings is 1. The van der Waals surface area contributed by atoms with Crippen molar-refractivity contribution in [3.63, 3.8) is 0 Å². The number of hydrogen-bond acceptors (Lipinski definition) is 11. The molecule has 0 saturated heterocycles. The highest BCUT2D eigenvalue weighted by molar-refractivity contribution is 7.98. The fourth-order valence-corrected chi connectivity index (χ4v) is 6.90. The van der Waals surface area contributed by atoms with Crippen LogP contribution in [0.1, 0.15) is 79.7 Å². The van der Waals surface area contributed by atoms with Crippen molar-refractivity contribution in [2.75, 3.05) is 18.6 Å². The van der Waals surface area contributed by atoms with Crippen molar-refractivity contribution in [1.29, 1.82) is 0 Å². The molecule has 0 spiro atoms. The largest absolute Gasteiger partial charge is 0.370 e. The van der Waals surface area contributed by atoms with Crippen molar-refractivity contribution in [1.82, 2.24) is 47.5 Å². The van der Waals surface area contributed by atoms with Crippen molar-refractivity contribution >= 4 is 81.7 Å². The normalized spacial score (nSPS) is 14.4. The van der Waals surface area contributed by atoms with E-state index in [4.69, 9.17) is 11.5 Å². The average molecular weight is 916 g/mol. The van der Waals surface area contributed by atoms with Crippen LogP contribution < -0.4 is 54.0 Å². The number of para-hydroxylation sites is 1. The van der Waals surface area contributed by atoms with Crippen LogP contribution in [0.2, 0.25) is 0 Å². The zero-order chi connectivity index (χ0) is 48.3. The van der Waals surface area contributed by atoms with Crippen molar-refractivity contribution in [2.45, 2.75) is 123 Å². The second-order valence-electron chi connectivity index (χ2n) is 16.3. The third kappa shape index (κ3) is 18.3. The van der Waals surface area contributed by atoms with Crippen molar-refractivity contribution in [3.05, 3.63) is 36.0 Å². The molecule has 0 unspecified atom stereocenters. The number of nitrogens with two attached hydrogens (primary N) is 2. The molecule has 10 amide bonds. The maximum absolute atomic E-state index is 13.8. The molecule has 0 bridgehead atoms. The monoisotopic (exact) mass is 915 g/mol. The Morgan fingerprint density at radius 1 is 0.656 bits per heavy atom. The second kappa shape index (κ2) is 26.4. The molecule has 0 saturated carbocycles. The second-order valence-corrected chi connectivity index (χ2v) is 17.3. The molecule has 0 aliphatic carbocycles. The summed E-state index contributed by atoms with van der Waals surface area (Å²) in [5, 5.41) is 21.1. The SMILES string of the molecule is CSCC[C@H](NC(=O)[C@H](CC(C)C)NC(=O)[C@H](C)NC(=O)CNC(=O)[C@@H](NC(=O)[C@H](C)NC(=O)[C@H](Cc1c[nH]c2ccccc12)NC(=O)[C@H](CCC(N)=O)NC(C)=O)C(C)C)C(N)=O. The molecule has 2 aromatic rings. The molecule has 13 N–H and O–H groups in total. The Bertz CT molecular complexity index is 1990. The molecule has 2 rings (SSSR count). The molecule has 64 heavy (non-hydrogen) atoms. The van der Waals surface area contributed by atoms with Crippen LogP contribution in [0.15, 0.2) is 30.5 Å². The standard InChI is InChI=1S/C42H65N11O10S/c1-21(2)17-31(41(62)50-29(36(44)57)15-16-64-8)51-37(58)23(5)47-34(56)20-46-42(63)35(22(3)4)53-38(59)24(6)48-40(61)32(18-26-19-45-28-12-10-9-11-27(26)28)52-39(60)30(49-25(7)54)13-14-33(43)55/h9-12,19,21-24,29-32,35,45H,13-18,20H2,1-8H3,(H2,43,55)(H2,44,57)(H,46,63)(H,47,56)(H,48,61)(H,49,54)(H,50,62)(H,51,58)(H,52,60)(H,53,59)/t23-,24-,29-,30-,31-,32-,35-/m0/s1. The van der Waals surface area contributed by atoms with Gasteiger partial charge < -0.3 is 59.0 Å². The van der Waals surface area contributed by atoms with Gasteiger partial charge in [0.05, 0.1) is 6.54 Å². The van der Waals surface area contributed by atoms with E-state index in [2.05, 4.69) is 47.5 Å². The Labute approximate surface area is 377 Å².